The number of hydrogen-bond donors (Lipinski definition) is 5. The number of imidazole rings is 2. The number of carbonyl (C=O) groups is 5. The number of anilines is 2. The normalized spacial score (nSPS) is 15.1. The number of primary amides is 2. The molecule has 22 heteroatoms. The summed E-state index contributed by atoms with van der Waals surface area (Å²) in [5, 5.41) is 17.8. The second kappa shape index (κ2) is 20.3. The lowest BCUT2D eigenvalue weighted by molar-refractivity contribution is -0.122. The van der Waals surface area contributed by atoms with Crippen LogP contribution in [0.5, 0.6) is 11.5 Å². The van der Waals surface area contributed by atoms with Crippen molar-refractivity contribution in [3.63, 3.8) is 0 Å². The van der Waals surface area contributed by atoms with E-state index in [1.165, 1.54) is 0 Å². The van der Waals surface area contributed by atoms with E-state index in [9.17, 15) is 24.0 Å². The summed E-state index contributed by atoms with van der Waals surface area (Å²) >= 11 is 0. The molecule has 1 saturated heterocycles. The maximum absolute atomic E-state index is 13.9. The number of nitrogens with zero attached hydrogens (tertiary/aromatic N) is 9. The van der Waals surface area contributed by atoms with Crippen LogP contribution in [0.3, 0.4) is 0 Å². The van der Waals surface area contributed by atoms with Crippen LogP contribution in [-0.4, -0.2) is 126 Å². The van der Waals surface area contributed by atoms with Crippen molar-refractivity contribution in [2.24, 2.45) is 11.5 Å². The van der Waals surface area contributed by atoms with Gasteiger partial charge in [-0.05, 0) is 96.2 Å². The maximum Gasteiger partial charge on any atom is 0.276 e. The first-order valence-corrected chi connectivity index (χ1v) is 22.9. The van der Waals surface area contributed by atoms with E-state index in [0.29, 0.717) is 108 Å². The van der Waals surface area contributed by atoms with E-state index in [1.807, 2.05) is 29.9 Å². The molecule has 2 aliphatic heterocycles. The van der Waals surface area contributed by atoms with Crippen molar-refractivity contribution < 1.29 is 38.2 Å². The van der Waals surface area contributed by atoms with Crippen LogP contribution < -0.4 is 36.9 Å². The van der Waals surface area contributed by atoms with E-state index in [4.69, 9.17) is 35.6 Å². The molecule has 0 aliphatic carbocycles. The Kier molecular flexibility index (Phi) is 14.1. The Morgan fingerprint density at radius 1 is 0.794 bits per heavy atom. The largest absolute Gasteiger partial charge is 0.491 e. The number of benzene rings is 2. The van der Waals surface area contributed by atoms with E-state index in [1.54, 1.807) is 59.8 Å². The van der Waals surface area contributed by atoms with E-state index in [-0.39, 0.29) is 54.3 Å². The van der Waals surface area contributed by atoms with Crippen LogP contribution >= 0.6 is 0 Å². The predicted octanol–water partition coefficient (Wildman–Crippen LogP) is 3.55. The third-order valence-electron chi connectivity index (χ3n) is 12.3. The molecular formula is C46H58N14O8. The summed E-state index contributed by atoms with van der Waals surface area (Å²) in [6, 6.07) is 9.29. The van der Waals surface area contributed by atoms with Crippen LogP contribution in [0.15, 0.2) is 36.4 Å². The standard InChI is InChI=1S/C46H58N14O8/c1-6-58-34(18-26(3)54-58)43(64)52-45-50-32-20-28(41(47)62)22-36(67-17-9-13-49-38(61)24-56-15-11-31(66-5)12-16-56)39(32)57(45)14-8-10-30-25-68-37-23-29(42(48)63)21-33-40(37)60(30)46(51-33)53-44(65)35-19-27(4)55-59(35)7-2/h18-23,30-31H,6-17,24-25H2,1-5H3,(H2,47,62)(H2,48,63)(H,49,61)(H,50,52,64)(H,51,53,65)/t30-/m0/s1. The van der Waals surface area contributed by atoms with Gasteiger partial charge in [0.25, 0.3) is 11.8 Å². The number of amides is 5. The molecule has 4 aromatic heterocycles. The molecule has 360 valence electrons. The van der Waals surface area contributed by atoms with Gasteiger partial charge in [-0.3, -0.25) is 48.9 Å². The average molecular weight is 935 g/mol. The molecule has 8 rings (SSSR count). The third kappa shape index (κ3) is 10.0. The number of piperidine rings is 1. The van der Waals surface area contributed by atoms with Gasteiger partial charge in [0, 0.05) is 57.5 Å². The Morgan fingerprint density at radius 2 is 1.40 bits per heavy atom. The number of nitrogens with two attached hydrogens (primary N) is 2. The van der Waals surface area contributed by atoms with E-state index < -0.39 is 23.6 Å². The van der Waals surface area contributed by atoms with Crippen molar-refractivity contribution in [3.05, 3.63) is 70.3 Å². The monoisotopic (exact) mass is 934 g/mol. The molecule has 0 bridgehead atoms. The Balaban J connectivity index is 1.06. The number of ether oxygens (including phenoxy) is 3. The number of aryl methyl sites for hydroxylation is 5. The highest BCUT2D eigenvalue weighted by Gasteiger charge is 2.31. The Labute approximate surface area is 391 Å². The topological polar surface area (TPSA) is 276 Å². The second-order valence-electron chi connectivity index (χ2n) is 17.1. The van der Waals surface area contributed by atoms with Gasteiger partial charge in [0.15, 0.2) is 0 Å². The summed E-state index contributed by atoms with van der Waals surface area (Å²) in [5.74, 6) is -1.10. The molecule has 0 radical (unpaired) electrons. The first-order chi connectivity index (χ1) is 32.7. The number of nitrogens with one attached hydrogen (secondary N) is 3. The van der Waals surface area contributed by atoms with Gasteiger partial charge in [-0.2, -0.15) is 10.2 Å². The zero-order chi connectivity index (χ0) is 48.2. The van der Waals surface area contributed by atoms with Crippen LogP contribution in [-0.2, 0) is 29.2 Å². The number of likely N-dealkylation sites (tertiary alicyclic amines) is 1. The van der Waals surface area contributed by atoms with Crippen LogP contribution in [0.1, 0.15) is 105 Å². The van der Waals surface area contributed by atoms with Crippen molar-refractivity contribution in [2.45, 2.75) is 91.6 Å². The smallest absolute Gasteiger partial charge is 0.276 e. The zero-order valence-corrected chi connectivity index (χ0v) is 39.0. The Morgan fingerprint density at radius 3 is 2.01 bits per heavy atom. The minimum absolute atomic E-state index is 0.0794. The summed E-state index contributed by atoms with van der Waals surface area (Å²) in [6.45, 7) is 11.2. The summed E-state index contributed by atoms with van der Waals surface area (Å²) in [6.07, 6.45) is 3.40. The van der Waals surface area contributed by atoms with Crippen LogP contribution in [0.4, 0.5) is 11.9 Å². The Hall–Kier alpha value is -7.33. The summed E-state index contributed by atoms with van der Waals surface area (Å²) in [5.41, 5.74) is 15.8. The van der Waals surface area contributed by atoms with Gasteiger partial charge in [0.1, 0.15) is 40.5 Å². The molecule has 1 atom stereocenters. The second-order valence-corrected chi connectivity index (χ2v) is 17.1. The number of methoxy groups -OCH3 is 1. The molecule has 7 N–H and O–H groups in total. The van der Waals surface area contributed by atoms with Gasteiger partial charge < -0.3 is 40.1 Å². The molecule has 22 nitrogen and oxygen atoms in total. The molecule has 2 aromatic carbocycles. The highest BCUT2D eigenvalue weighted by Crippen LogP contribution is 2.39. The molecule has 0 unspecified atom stereocenters. The van der Waals surface area contributed by atoms with Crippen LogP contribution in [0.25, 0.3) is 22.1 Å². The fourth-order valence-corrected chi connectivity index (χ4v) is 8.96. The molecule has 0 spiro atoms. The van der Waals surface area contributed by atoms with Crippen LogP contribution in [0.2, 0.25) is 0 Å². The fourth-order valence-electron chi connectivity index (χ4n) is 8.96. The molecule has 1 fully saturated rings. The van der Waals surface area contributed by atoms with Gasteiger partial charge in [-0.15, -0.1) is 0 Å². The van der Waals surface area contributed by atoms with Gasteiger partial charge in [0.2, 0.25) is 29.6 Å². The van der Waals surface area contributed by atoms with Gasteiger partial charge in [0.05, 0.1) is 47.7 Å². The number of fused-ring (bicyclic) bond motifs is 1. The van der Waals surface area contributed by atoms with Gasteiger partial charge in [-0.1, -0.05) is 0 Å². The molecular weight excluding hydrogens is 877 g/mol. The fraction of sp³-hybridized carbons (Fsp3) is 0.457. The lowest BCUT2D eigenvalue weighted by atomic mass is 10.1. The first-order valence-electron chi connectivity index (χ1n) is 22.9. The highest BCUT2D eigenvalue weighted by molar-refractivity contribution is 6.05. The molecule has 0 saturated carbocycles. The average Bonchev–Trinajstić information content (AvgIpc) is 4.09. The highest BCUT2D eigenvalue weighted by atomic mass is 16.5. The molecule has 6 heterocycles. The summed E-state index contributed by atoms with van der Waals surface area (Å²) in [7, 11) is 1.71. The Bertz CT molecular complexity index is 2890. The summed E-state index contributed by atoms with van der Waals surface area (Å²) < 4.78 is 25.0. The molecule has 6 aromatic rings. The number of hydrogen-bond acceptors (Lipinski definition) is 13. The zero-order valence-electron chi connectivity index (χ0n) is 39.0. The molecule has 68 heavy (non-hydrogen) atoms. The van der Waals surface area contributed by atoms with E-state index in [0.717, 1.165) is 25.9 Å². The molecule has 5 amide bonds. The third-order valence-corrected chi connectivity index (χ3v) is 12.3. The SMILES string of the molecule is CCn1nc(C)cc1C(=O)Nc1nc2cc(C(N)=O)cc(OCCCNC(=O)CN3CCC(OC)CC3)c2n1CCC[C@H]1COc2cc(C(N)=O)cc3nc(NC(=O)c4cc(C)nn4CC)n1c23. The van der Waals surface area contributed by atoms with Crippen molar-refractivity contribution in [3.8, 4) is 11.5 Å². The van der Waals surface area contributed by atoms with Crippen molar-refractivity contribution in [1.29, 1.82) is 0 Å². The first kappa shape index (κ1) is 47.2. The lowest BCUT2D eigenvalue weighted by Crippen LogP contribution is -2.43. The number of carbonyl (C=O) groups excluding carboxylic acids is 5. The van der Waals surface area contributed by atoms with Gasteiger partial charge in [-0.25, -0.2) is 9.97 Å². The number of rotatable bonds is 20. The number of aromatic nitrogens is 8. The quantitative estimate of drug-likeness (QED) is 0.0686. The minimum atomic E-state index is -0.689. The maximum atomic E-state index is 13.9. The van der Waals surface area contributed by atoms with E-state index >= 15 is 0 Å². The lowest BCUT2D eigenvalue weighted by Gasteiger charge is -2.30. The van der Waals surface area contributed by atoms with Gasteiger partial charge >= 0.3 is 0 Å². The minimum Gasteiger partial charge on any atom is -0.491 e. The van der Waals surface area contributed by atoms with Crippen LogP contribution in [0, 0.1) is 13.8 Å². The van der Waals surface area contributed by atoms with E-state index in [2.05, 4.69) is 31.0 Å². The predicted molar refractivity (Wildman–Crippen MR) is 251 cm³/mol. The molecule has 2 aliphatic rings. The van der Waals surface area contributed by atoms with Crippen molar-refractivity contribution in [2.75, 3.05) is 57.1 Å². The summed E-state index contributed by atoms with van der Waals surface area (Å²) in [4.78, 5) is 77.2. The van der Waals surface area contributed by atoms with Crippen molar-refractivity contribution >= 4 is 63.5 Å². The van der Waals surface area contributed by atoms with Crippen molar-refractivity contribution in [1.82, 2.24) is 48.9 Å².